The van der Waals surface area contributed by atoms with Crippen LogP contribution in [0.3, 0.4) is 0 Å². The number of aromatic nitrogens is 2. The minimum absolute atomic E-state index is 0.0919. The smallest absolute Gasteiger partial charge is 0.348 e. The molecule has 24 heavy (non-hydrogen) atoms. The number of aliphatic hydroxyl groups excluding tert-OH is 1. The van der Waals surface area contributed by atoms with E-state index in [1.165, 1.54) is 17.8 Å². The van der Waals surface area contributed by atoms with Crippen molar-refractivity contribution in [3.05, 3.63) is 56.3 Å². The van der Waals surface area contributed by atoms with Crippen LogP contribution in [0.1, 0.15) is 29.7 Å². The minimum atomic E-state index is -0.355. The van der Waals surface area contributed by atoms with Gasteiger partial charge in [-0.1, -0.05) is 17.7 Å². The molecule has 4 nitrogen and oxygen atoms in total. The van der Waals surface area contributed by atoms with Crippen molar-refractivity contribution in [3.63, 3.8) is 0 Å². The summed E-state index contributed by atoms with van der Waals surface area (Å²) in [5.41, 5.74) is 2.08. The van der Waals surface area contributed by atoms with E-state index in [1.54, 1.807) is 16.7 Å². The van der Waals surface area contributed by atoms with Crippen LogP contribution >= 0.6 is 23.4 Å². The van der Waals surface area contributed by atoms with E-state index in [2.05, 4.69) is 4.98 Å². The van der Waals surface area contributed by atoms with Crippen molar-refractivity contribution >= 4 is 23.4 Å². The highest BCUT2D eigenvalue weighted by Gasteiger charge is 2.21. The lowest BCUT2D eigenvalue weighted by molar-refractivity contribution is 0.269. The number of nitrogens with zero attached hydrogens (tertiary/aromatic N) is 2. The second-order valence-electron chi connectivity index (χ2n) is 5.70. The molecule has 0 saturated carbocycles. The Hall–Kier alpha value is -1.37. The Morgan fingerprint density at radius 1 is 1.33 bits per heavy atom. The van der Waals surface area contributed by atoms with Gasteiger partial charge in [0.05, 0.1) is 13.2 Å². The van der Waals surface area contributed by atoms with Gasteiger partial charge >= 0.3 is 5.69 Å². The molecule has 0 unspecified atom stereocenters. The molecule has 1 N–H and O–H groups in total. The molecule has 128 valence electrons. The molecule has 1 aliphatic rings. The van der Waals surface area contributed by atoms with Crippen LogP contribution in [0.2, 0.25) is 5.02 Å². The molecule has 1 aromatic heterocycles. The summed E-state index contributed by atoms with van der Waals surface area (Å²) in [5, 5.41) is 10.2. The number of benzene rings is 1. The second kappa shape index (κ2) is 7.68. The first kappa shape index (κ1) is 17.5. The van der Waals surface area contributed by atoms with Gasteiger partial charge in [-0.05, 0) is 37.8 Å². The molecule has 0 radical (unpaired) electrons. The molecule has 0 amide bonds. The van der Waals surface area contributed by atoms with Gasteiger partial charge in [0, 0.05) is 27.6 Å². The quantitative estimate of drug-likeness (QED) is 0.650. The summed E-state index contributed by atoms with van der Waals surface area (Å²) in [7, 11) is 0. The highest BCUT2D eigenvalue weighted by Crippen LogP contribution is 2.32. The highest BCUT2D eigenvalue weighted by atomic mass is 35.5. The third-order valence-electron chi connectivity index (χ3n) is 4.19. The predicted molar refractivity (Wildman–Crippen MR) is 93.2 cm³/mol. The first-order chi connectivity index (χ1) is 11.6. The van der Waals surface area contributed by atoms with Gasteiger partial charge in [0.2, 0.25) is 0 Å². The van der Waals surface area contributed by atoms with E-state index >= 15 is 0 Å². The minimum Gasteiger partial charge on any atom is -0.395 e. The van der Waals surface area contributed by atoms with Crippen molar-refractivity contribution in [1.29, 1.82) is 0 Å². The Labute approximate surface area is 148 Å². The fourth-order valence-corrected chi connectivity index (χ4v) is 4.43. The predicted octanol–water partition coefficient (Wildman–Crippen LogP) is 3.20. The maximum Gasteiger partial charge on any atom is 0.348 e. The fourth-order valence-electron chi connectivity index (χ4n) is 3.01. The molecule has 3 rings (SSSR count). The Morgan fingerprint density at radius 3 is 2.88 bits per heavy atom. The molecule has 1 aromatic carbocycles. The number of hydrogen-bond acceptors (Lipinski definition) is 4. The Morgan fingerprint density at radius 2 is 2.12 bits per heavy atom. The topological polar surface area (TPSA) is 55.1 Å². The Kier molecular flexibility index (Phi) is 5.58. The van der Waals surface area contributed by atoms with Gasteiger partial charge in [-0.15, -0.1) is 11.8 Å². The summed E-state index contributed by atoms with van der Waals surface area (Å²) < 4.78 is 15.5. The van der Waals surface area contributed by atoms with Gasteiger partial charge in [-0.25, -0.2) is 9.18 Å². The van der Waals surface area contributed by atoms with Crippen LogP contribution in [0.25, 0.3) is 0 Å². The van der Waals surface area contributed by atoms with Crippen molar-refractivity contribution < 1.29 is 9.50 Å². The normalized spacial score (nSPS) is 13.8. The number of rotatable bonds is 5. The third-order valence-corrected chi connectivity index (χ3v) is 5.59. The van der Waals surface area contributed by atoms with Crippen molar-refractivity contribution in [3.8, 4) is 0 Å². The van der Waals surface area contributed by atoms with E-state index in [9.17, 15) is 14.3 Å². The van der Waals surface area contributed by atoms with E-state index in [-0.39, 0.29) is 24.7 Å². The van der Waals surface area contributed by atoms with Crippen molar-refractivity contribution in [2.45, 2.75) is 43.0 Å². The fraction of sp³-hybridized carbons (Fsp3) is 0.412. The molecule has 0 bridgehead atoms. The van der Waals surface area contributed by atoms with Gasteiger partial charge in [-0.2, -0.15) is 4.98 Å². The molecule has 0 aliphatic heterocycles. The third kappa shape index (κ3) is 3.50. The summed E-state index contributed by atoms with van der Waals surface area (Å²) in [6, 6.07) is 4.61. The number of hydrogen-bond donors (Lipinski definition) is 1. The number of thioether (sulfide) groups is 1. The summed E-state index contributed by atoms with van der Waals surface area (Å²) in [6.07, 6.45) is 3.72. The Bertz CT molecular complexity index is 790. The van der Waals surface area contributed by atoms with Crippen LogP contribution in [0.4, 0.5) is 4.39 Å². The van der Waals surface area contributed by atoms with E-state index in [0.717, 1.165) is 36.9 Å². The molecule has 7 heteroatoms. The molecular formula is C17H18ClFN2O2S. The first-order valence-corrected chi connectivity index (χ1v) is 9.27. The lowest BCUT2D eigenvalue weighted by atomic mass is 9.97. The second-order valence-corrected chi connectivity index (χ2v) is 7.07. The molecular weight excluding hydrogens is 351 g/mol. The zero-order valence-electron chi connectivity index (χ0n) is 13.1. The molecule has 0 fully saturated rings. The lowest BCUT2D eigenvalue weighted by Crippen LogP contribution is -2.31. The first-order valence-electron chi connectivity index (χ1n) is 7.91. The van der Waals surface area contributed by atoms with Gasteiger partial charge in [0.1, 0.15) is 10.8 Å². The molecule has 1 aliphatic carbocycles. The van der Waals surface area contributed by atoms with Crippen molar-refractivity contribution in [1.82, 2.24) is 9.55 Å². The largest absolute Gasteiger partial charge is 0.395 e. The van der Waals surface area contributed by atoms with Crippen LogP contribution in [0, 0.1) is 5.82 Å². The maximum absolute atomic E-state index is 13.9. The van der Waals surface area contributed by atoms with Crippen LogP contribution in [-0.4, -0.2) is 21.3 Å². The zero-order valence-corrected chi connectivity index (χ0v) is 14.7. The average Bonchev–Trinajstić information content (AvgIpc) is 2.57. The number of aliphatic hydroxyl groups is 1. The SMILES string of the molecule is O=c1nc(SCc2c(F)cccc2Cl)c2c(n1CCO)CCCC2. The molecule has 0 spiro atoms. The molecule has 0 atom stereocenters. The van der Waals surface area contributed by atoms with E-state index < -0.39 is 0 Å². The Balaban J connectivity index is 1.94. The number of halogens is 2. The molecule has 2 aromatic rings. The summed E-state index contributed by atoms with van der Waals surface area (Å²) in [4.78, 5) is 16.4. The maximum atomic E-state index is 13.9. The van der Waals surface area contributed by atoms with Crippen LogP contribution in [0.5, 0.6) is 0 Å². The van der Waals surface area contributed by atoms with E-state index in [0.29, 0.717) is 21.4 Å². The highest BCUT2D eigenvalue weighted by molar-refractivity contribution is 7.98. The monoisotopic (exact) mass is 368 g/mol. The van der Waals surface area contributed by atoms with Gasteiger partial charge in [0.25, 0.3) is 0 Å². The van der Waals surface area contributed by atoms with Crippen LogP contribution < -0.4 is 5.69 Å². The summed E-state index contributed by atoms with van der Waals surface area (Å²) >= 11 is 7.42. The van der Waals surface area contributed by atoms with E-state index in [4.69, 9.17) is 11.6 Å². The van der Waals surface area contributed by atoms with Gasteiger partial charge in [0.15, 0.2) is 0 Å². The average molecular weight is 369 g/mol. The lowest BCUT2D eigenvalue weighted by Gasteiger charge is -2.22. The van der Waals surface area contributed by atoms with Crippen LogP contribution in [-0.2, 0) is 25.1 Å². The zero-order chi connectivity index (χ0) is 17.1. The molecule has 1 heterocycles. The van der Waals surface area contributed by atoms with Gasteiger partial charge < -0.3 is 5.11 Å². The van der Waals surface area contributed by atoms with E-state index in [1.807, 2.05) is 0 Å². The van der Waals surface area contributed by atoms with Gasteiger partial charge in [-0.3, -0.25) is 4.57 Å². The summed E-state index contributed by atoms with van der Waals surface area (Å²) in [6.45, 7) is 0.170. The number of fused-ring (bicyclic) bond motifs is 1. The summed E-state index contributed by atoms with van der Waals surface area (Å²) in [5.74, 6) is -0.0218. The van der Waals surface area contributed by atoms with Crippen molar-refractivity contribution in [2.75, 3.05) is 6.61 Å². The van der Waals surface area contributed by atoms with Crippen molar-refractivity contribution in [2.24, 2.45) is 0 Å². The molecule has 0 saturated heterocycles. The van der Waals surface area contributed by atoms with Crippen LogP contribution in [0.15, 0.2) is 28.0 Å². The standard InChI is InChI=1S/C17H18ClFN2O2S/c18-13-5-3-6-14(19)12(13)10-24-16-11-4-1-2-7-15(11)21(8-9-22)17(23)20-16/h3,5-6,22H,1-2,4,7-10H2.